The largest absolute Gasteiger partial charge is 0.283 e. The number of aryl methyl sites for hydroxylation is 1. The molecule has 0 aliphatic carbocycles. The van der Waals surface area contributed by atoms with Crippen LogP contribution in [0.4, 0.5) is 0 Å². The van der Waals surface area contributed by atoms with Gasteiger partial charge in [-0.05, 0) is 42.7 Å². The van der Waals surface area contributed by atoms with Crippen molar-refractivity contribution in [2.75, 3.05) is 0 Å². The second kappa shape index (κ2) is 5.25. The summed E-state index contributed by atoms with van der Waals surface area (Å²) in [7, 11) is -3.67. The third-order valence-corrected chi connectivity index (χ3v) is 5.39. The second-order valence-corrected chi connectivity index (χ2v) is 7.55. The van der Waals surface area contributed by atoms with Crippen molar-refractivity contribution in [3.05, 3.63) is 59.8 Å². The zero-order chi connectivity index (χ0) is 15.9. The van der Waals surface area contributed by atoms with E-state index in [4.69, 9.17) is 0 Å². The summed E-state index contributed by atoms with van der Waals surface area (Å²) in [5.74, 6) is 0.390. The lowest BCUT2D eigenvalue weighted by Gasteiger charge is -2.08. The van der Waals surface area contributed by atoms with Crippen molar-refractivity contribution >= 4 is 20.9 Å². The molecule has 0 unspecified atom stereocenters. The predicted octanol–water partition coefficient (Wildman–Crippen LogP) is 3.71. The van der Waals surface area contributed by atoms with Gasteiger partial charge in [-0.1, -0.05) is 37.6 Å². The SMILES string of the molecule is Cc1ccc(S(=O)(=O)n2ncc3cc(C(C)C)ccc32)cc1. The molecule has 114 valence electrons. The van der Waals surface area contributed by atoms with Crippen LogP contribution < -0.4 is 0 Å². The molecule has 3 aromatic rings. The monoisotopic (exact) mass is 314 g/mol. The Bertz CT molecular complexity index is 923. The van der Waals surface area contributed by atoms with Gasteiger partial charge in [-0.3, -0.25) is 0 Å². The molecule has 1 aromatic heterocycles. The molecule has 0 amide bonds. The van der Waals surface area contributed by atoms with E-state index in [2.05, 4.69) is 18.9 Å². The first-order valence-electron chi connectivity index (χ1n) is 7.19. The van der Waals surface area contributed by atoms with Crippen molar-refractivity contribution < 1.29 is 8.42 Å². The summed E-state index contributed by atoms with van der Waals surface area (Å²) in [6, 6.07) is 12.6. The van der Waals surface area contributed by atoms with Crippen molar-refractivity contribution in [1.82, 2.24) is 9.19 Å². The van der Waals surface area contributed by atoms with Crippen molar-refractivity contribution in [1.29, 1.82) is 0 Å². The maximum absolute atomic E-state index is 12.7. The lowest BCUT2D eigenvalue weighted by Crippen LogP contribution is -2.14. The van der Waals surface area contributed by atoms with E-state index in [1.54, 1.807) is 30.5 Å². The predicted molar refractivity (Wildman–Crippen MR) is 87.6 cm³/mol. The van der Waals surface area contributed by atoms with E-state index in [9.17, 15) is 8.42 Å². The molecule has 4 nitrogen and oxygen atoms in total. The number of hydrogen-bond donors (Lipinski definition) is 0. The van der Waals surface area contributed by atoms with Crippen molar-refractivity contribution in [3.8, 4) is 0 Å². The van der Waals surface area contributed by atoms with Gasteiger partial charge >= 0.3 is 0 Å². The summed E-state index contributed by atoms with van der Waals surface area (Å²) < 4.78 is 26.6. The standard InChI is InChI=1S/C17H18N2O2S/c1-12(2)14-6-9-17-15(10-14)11-18-19(17)22(20,21)16-7-4-13(3)5-8-16/h4-12H,1-3H3. The normalized spacial score (nSPS) is 12.2. The molecule has 0 atom stereocenters. The topological polar surface area (TPSA) is 52.0 Å². The van der Waals surface area contributed by atoms with Crippen LogP contribution in [0.3, 0.4) is 0 Å². The summed E-state index contributed by atoms with van der Waals surface area (Å²) >= 11 is 0. The number of fused-ring (bicyclic) bond motifs is 1. The number of benzene rings is 2. The van der Waals surface area contributed by atoms with Gasteiger partial charge in [0.05, 0.1) is 16.6 Å². The zero-order valence-electron chi connectivity index (χ0n) is 12.8. The van der Waals surface area contributed by atoms with Crippen LogP contribution in [-0.2, 0) is 10.0 Å². The summed E-state index contributed by atoms with van der Waals surface area (Å²) in [4.78, 5) is 0.246. The molecule has 0 aliphatic heterocycles. The molecular formula is C17H18N2O2S. The van der Waals surface area contributed by atoms with Crippen molar-refractivity contribution in [2.24, 2.45) is 0 Å². The van der Waals surface area contributed by atoms with E-state index in [-0.39, 0.29) is 4.90 Å². The van der Waals surface area contributed by atoms with Crippen LogP contribution in [0.15, 0.2) is 53.6 Å². The highest BCUT2D eigenvalue weighted by molar-refractivity contribution is 7.90. The third-order valence-electron chi connectivity index (χ3n) is 3.77. The number of nitrogens with zero attached hydrogens (tertiary/aromatic N) is 2. The fourth-order valence-electron chi connectivity index (χ4n) is 2.39. The Balaban J connectivity index is 2.15. The second-order valence-electron chi connectivity index (χ2n) is 5.78. The zero-order valence-corrected chi connectivity index (χ0v) is 13.6. The van der Waals surface area contributed by atoms with E-state index < -0.39 is 10.0 Å². The molecule has 0 spiro atoms. The van der Waals surface area contributed by atoms with Gasteiger partial charge in [0.1, 0.15) is 0 Å². The molecule has 0 aliphatic rings. The van der Waals surface area contributed by atoms with Gasteiger partial charge in [0, 0.05) is 5.39 Å². The first-order valence-corrected chi connectivity index (χ1v) is 8.63. The fraction of sp³-hybridized carbons (Fsp3) is 0.235. The van der Waals surface area contributed by atoms with Crippen LogP contribution in [0.2, 0.25) is 0 Å². The van der Waals surface area contributed by atoms with Crippen molar-refractivity contribution in [3.63, 3.8) is 0 Å². The van der Waals surface area contributed by atoms with E-state index in [0.717, 1.165) is 15.0 Å². The summed E-state index contributed by atoms with van der Waals surface area (Å²) in [5.41, 5.74) is 2.79. The Morgan fingerprint density at radius 2 is 1.73 bits per heavy atom. The van der Waals surface area contributed by atoms with E-state index >= 15 is 0 Å². The van der Waals surface area contributed by atoms with Gasteiger partial charge in [0.2, 0.25) is 0 Å². The van der Waals surface area contributed by atoms with E-state index in [1.807, 2.05) is 25.1 Å². The number of rotatable bonds is 3. The summed E-state index contributed by atoms with van der Waals surface area (Å²) in [5, 5.41) is 4.93. The van der Waals surface area contributed by atoms with Crippen LogP contribution >= 0.6 is 0 Å². The molecule has 0 radical (unpaired) electrons. The lowest BCUT2D eigenvalue weighted by molar-refractivity contribution is 0.582. The molecule has 0 N–H and O–H groups in total. The van der Waals surface area contributed by atoms with Gasteiger partial charge in [-0.15, -0.1) is 0 Å². The summed E-state index contributed by atoms with van der Waals surface area (Å²) in [6.45, 7) is 6.14. The number of aromatic nitrogens is 2. The first kappa shape index (κ1) is 14.8. The van der Waals surface area contributed by atoms with Crippen LogP contribution in [0, 0.1) is 6.92 Å². The Kier molecular flexibility index (Phi) is 3.53. The highest BCUT2D eigenvalue weighted by atomic mass is 32.2. The maximum atomic E-state index is 12.7. The van der Waals surface area contributed by atoms with Gasteiger partial charge in [-0.2, -0.15) is 17.6 Å². The quantitative estimate of drug-likeness (QED) is 0.740. The molecule has 0 saturated heterocycles. The van der Waals surface area contributed by atoms with Gasteiger partial charge in [-0.25, -0.2) is 0 Å². The molecule has 0 bridgehead atoms. The molecule has 3 rings (SSSR count). The number of hydrogen-bond acceptors (Lipinski definition) is 3. The lowest BCUT2D eigenvalue weighted by atomic mass is 10.0. The van der Waals surface area contributed by atoms with E-state index in [0.29, 0.717) is 11.4 Å². The van der Waals surface area contributed by atoms with Crippen LogP contribution in [-0.4, -0.2) is 17.6 Å². The molecule has 2 aromatic carbocycles. The van der Waals surface area contributed by atoms with Crippen LogP contribution in [0.1, 0.15) is 30.9 Å². The Hall–Kier alpha value is -2.14. The third kappa shape index (κ3) is 2.41. The van der Waals surface area contributed by atoms with Gasteiger partial charge in [0.15, 0.2) is 0 Å². The minimum absolute atomic E-state index is 0.246. The van der Waals surface area contributed by atoms with Crippen molar-refractivity contribution in [2.45, 2.75) is 31.6 Å². The fourth-order valence-corrected chi connectivity index (χ4v) is 3.66. The van der Waals surface area contributed by atoms with Crippen LogP contribution in [0.25, 0.3) is 10.9 Å². The first-order chi connectivity index (χ1) is 10.4. The molecule has 5 heteroatoms. The highest BCUT2D eigenvalue weighted by Gasteiger charge is 2.20. The average molecular weight is 314 g/mol. The highest BCUT2D eigenvalue weighted by Crippen LogP contribution is 2.24. The Labute approximate surface area is 130 Å². The van der Waals surface area contributed by atoms with Crippen LogP contribution in [0.5, 0.6) is 0 Å². The van der Waals surface area contributed by atoms with Gasteiger partial charge < -0.3 is 0 Å². The smallest absolute Gasteiger partial charge is 0.199 e. The minimum Gasteiger partial charge on any atom is -0.199 e. The van der Waals surface area contributed by atoms with Gasteiger partial charge in [0.25, 0.3) is 10.0 Å². The molecule has 0 fully saturated rings. The Morgan fingerprint density at radius 1 is 1.05 bits per heavy atom. The Morgan fingerprint density at radius 3 is 2.36 bits per heavy atom. The maximum Gasteiger partial charge on any atom is 0.283 e. The minimum atomic E-state index is -3.67. The molecule has 1 heterocycles. The molecular weight excluding hydrogens is 296 g/mol. The van der Waals surface area contributed by atoms with E-state index in [1.165, 1.54) is 5.56 Å². The molecule has 0 saturated carbocycles. The molecule has 22 heavy (non-hydrogen) atoms. The summed E-state index contributed by atoms with van der Waals surface area (Å²) in [6.07, 6.45) is 1.60. The average Bonchev–Trinajstić information content (AvgIpc) is 2.91.